The zero-order chi connectivity index (χ0) is 13.8. The second-order valence-corrected chi connectivity index (χ2v) is 5.55. The largest absolute Gasteiger partial charge is 0.297 e. The van der Waals surface area contributed by atoms with Crippen molar-refractivity contribution in [1.29, 1.82) is 5.26 Å². The molecule has 18 heavy (non-hydrogen) atoms. The molecule has 0 saturated carbocycles. The average Bonchev–Trinajstić information content (AvgIpc) is 2.60. The second kappa shape index (κ2) is 6.21. The maximum Gasteiger partial charge on any atom is 0.104 e. The van der Waals surface area contributed by atoms with Gasteiger partial charge in [-0.15, -0.1) is 0 Å². The molecule has 0 radical (unpaired) electrons. The van der Waals surface area contributed by atoms with Crippen LogP contribution in [0.25, 0.3) is 0 Å². The lowest BCUT2D eigenvalue weighted by Crippen LogP contribution is -2.45. The van der Waals surface area contributed by atoms with E-state index < -0.39 is 5.54 Å². The van der Waals surface area contributed by atoms with Crippen LogP contribution in [0.5, 0.6) is 0 Å². The summed E-state index contributed by atoms with van der Waals surface area (Å²) in [5.41, 5.74) is 0.506. The molecule has 1 rings (SSSR count). The fourth-order valence-electron chi connectivity index (χ4n) is 2.03. The summed E-state index contributed by atoms with van der Waals surface area (Å²) >= 11 is 5.95. The maximum atomic E-state index is 9.23. The summed E-state index contributed by atoms with van der Waals surface area (Å²) in [5.74, 6) is 0. The number of nitrogens with zero attached hydrogens (tertiary/aromatic N) is 3. The Balaban J connectivity index is 2.50. The fourth-order valence-corrected chi connectivity index (χ4v) is 2.17. The Morgan fingerprint density at radius 2 is 2.28 bits per heavy atom. The van der Waals surface area contributed by atoms with Crippen molar-refractivity contribution < 1.29 is 0 Å². The van der Waals surface area contributed by atoms with Crippen LogP contribution in [0.2, 0.25) is 5.02 Å². The Morgan fingerprint density at radius 1 is 1.61 bits per heavy atom. The first-order valence-electron chi connectivity index (χ1n) is 6.25. The molecule has 1 unspecified atom stereocenters. The van der Waals surface area contributed by atoms with Crippen LogP contribution < -0.4 is 5.32 Å². The minimum atomic E-state index is -0.473. The van der Waals surface area contributed by atoms with Crippen LogP contribution in [0, 0.1) is 18.3 Å². The van der Waals surface area contributed by atoms with Crippen molar-refractivity contribution in [3.05, 3.63) is 16.9 Å². The Hall–Kier alpha value is -1.05. The van der Waals surface area contributed by atoms with E-state index in [-0.39, 0.29) is 0 Å². The van der Waals surface area contributed by atoms with Gasteiger partial charge in [-0.25, -0.2) is 0 Å². The minimum absolute atomic E-state index is 0.301. The van der Waals surface area contributed by atoms with Crippen LogP contribution in [-0.2, 0) is 6.54 Å². The van der Waals surface area contributed by atoms with Gasteiger partial charge in [0.15, 0.2) is 0 Å². The third kappa shape index (κ3) is 4.01. The minimum Gasteiger partial charge on any atom is -0.297 e. The highest BCUT2D eigenvalue weighted by Gasteiger charge is 2.23. The van der Waals surface area contributed by atoms with Gasteiger partial charge < -0.3 is 0 Å². The smallest absolute Gasteiger partial charge is 0.104 e. The van der Waals surface area contributed by atoms with Crippen LogP contribution in [0.3, 0.4) is 0 Å². The predicted molar refractivity (Wildman–Crippen MR) is 73.5 cm³/mol. The van der Waals surface area contributed by atoms with Crippen LogP contribution in [0.4, 0.5) is 0 Å². The molecule has 0 spiro atoms. The molecule has 0 bridgehead atoms. The maximum absolute atomic E-state index is 9.23. The van der Waals surface area contributed by atoms with E-state index in [0.29, 0.717) is 11.1 Å². The summed E-state index contributed by atoms with van der Waals surface area (Å²) in [7, 11) is 0. The van der Waals surface area contributed by atoms with Gasteiger partial charge in [0.25, 0.3) is 0 Å². The second-order valence-electron chi connectivity index (χ2n) is 5.15. The topological polar surface area (TPSA) is 53.6 Å². The highest BCUT2D eigenvalue weighted by Crippen LogP contribution is 2.16. The van der Waals surface area contributed by atoms with E-state index in [9.17, 15) is 5.26 Å². The zero-order valence-corrected chi connectivity index (χ0v) is 12.3. The summed E-state index contributed by atoms with van der Waals surface area (Å²) in [4.78, 5) is 0. The molecule has 0 fully saturated rings. The number of hydrogen-bond donors (Lipinski definition) is 1. The SMILES string of the molecule is Cc1c(Cl)cnn1CCCC(C)(C#N)NC(C)C. The van der Waals surface area contributed by atoms with Crippen molar-refractivity contribution in [2.45, 2.75) is 58.7 Å². The molecule has 1 heterocycles. The van der Waals surface area contributed by atoms with Gasteiger partial charge in [0.1, 0.15) is 5.54 Å². The van der Waals surface area contributed by atoms with E-state index in [1.165, 1.54) is 0 Å². The van der Waals surface area contributed by atoms with E-state index in [1.807, 2.05) is 32.4 Å². The lowest BCUT2D eigenvalue weighted by atomic mass is 9.96. The molecule has 0 aliphatic rings. The zero-order valence-electron chi connectivity index (χ0n) is 11.5. The monoisotopic (exact) mass is 268 g/mol. The quantitative estimate of drug-likeness (QED) is 0.863. The summed E-state index contributed by atoms with van der Waals surface area (Å²) < 4.78 is 1.88. The van der Waals surface area contributed by atoms with Crippen molar-refractivity contribution >= 4 is 11.6 Å². The Morgan fingerprint density at radius 3 is 2.72 bits per heavy atom. The third-order valence-corrected chi connectivity index (χ3v) is 3.32. The van der Waals surface area contributed by atoms with Crippen molar-refractivity contribution in [2.24, 2.45) is 0 Å². The first kappa shape index (κ1) is 15.0. The first-order chi connectivity index (χ1) is 8.38. The normalized spacial score (nSPS) is 14.5. The van der Waals surface area contributed by atoms with Gasteiger partial charge >= 0.3 is 0 Å². The Bertz CT molecular complexity index is 433. The molecule has 0 aliphatic carbocycles. The van der Waals surface area contributed by atoms with Crippen LogP contribution in [0.15, 0.2) is 6.20 Å². The van der Waals surface area contributed by atoms with Crippen molar-refractivity contribution in [3.8, 4) is 6.07 Å². The summed E-state index contributed by atoms with van der Waals surface area (Å²) in [6, 6.07) is 2.65. The fraction of sp³-hybridized carbons (Fsp3) is 0.692. The van der Waals surface area contributed by atoms with Crippen LogP contribution in [-0.4, -0.2) is 21.4 Å². The summed E-state index contributed by atoms with van der Waals surface area (Å²) in [6.45, 7) is 8.77. The lowest BCUT2D eigenvalue weighted by molar-refractivity contribution is 0.360. The van der Waals surface area contributed by atoms with Gasteiger partial charge in [0.2, 0.25) is 0 Å². The average molecular weight is 269 g/mol. The molecule has 0 amide bonds. The standard InChI is InChI=1S/C13H21ClN4/c1-10(2)17-13(4,9-15)6-5-7-18-11(3)12(14)8-16-18/h8,10,17H,5-7H2,1-4H3. The van der Waals surface area contributed by atoms with Crippen molar-refractivity contribution in [2.75, 3.05) is 0 Å². The number of aromatic nitrogens is 2. The van der Waals surface area contributed by atoms with Crippen molar-refractivity contribution in [1.82, 2.24) is 15.1 Å². The molecule has 1 aromatic rings. The van der Waals surface area contributed by atoms with Gasteiger partial charge in [-0.2, -0.15) is 10.4 Å². The highest BCUT2D eigenvalue weighted by atomic mass is 35.5. The predicted octanol–water partition coefficient (Wildman–Crippen LogP) is 2.91. The number of aryl methyl sites for hydroxylation is 1. The van der Waals surface area contributed by atoms with E-state index in [0.717, 1.165) is 25.1 Å². The summed E-state index contributed by atoms with van der Waals surface area (Å²) in [6.07, 6.45) is 3.34. The summed E-state index contributed by atoms with van der Waals surface area (Å²) in [5, 5.41) is 17.4. The lowest BCUT2D eigenvalue weighted by Gasteiger charge is -2.25. The molecule has 100 valence electrons. The number of hydrogen-bond acceptors (Lipinski definition) is 3. The van der Waals surface area contributed by atoms with Crippen LogP contribution in [0.1, 0.15) is 39.3 Å². The van der Waals surface area contributed by atoms with Gasteiger partial charge in [-0.1, -0.05) is 11.6 Å². The van der Waals surface area contributed by atoms with E-state index in [1.54, 1.807) is 6.20 Å². The van der Waals surface area contributed by atoms with Crippen LogP contribution >= 0.6 is 11.6 Å². The van der Waals surface area contributed by atoms with Crippen molar-refractivity contribution in [3.63, 3.8) is 0 Å². The number of nitriles is 1. The molecule has 0 aromatic carbocycles. The van der Waals surface area contributed by atoms with E-state index >= 15 is 0 Å². The molecule has 4 nitrogen and oxygen atoms in total. The Labute approximate surface area is 114 Å². The molecule has 5 heteroatoms. The molecule has 1 aromatic heterocycles. The molecule has 0 aliphatic heterocycles. The van der Waals surface area contributed by atoms with E-state index in [4.69, 9.17) is 11.6 Å². The van der Waals surface area contributed by atoms with Gasteiger partial charge in [-0.05, 0) is 40.5 Å². The van der Waals surface area contributed by atoms with Gasteiger partial charge in [0.05, 0.1) is 23.0 Å². The first-order valence-corrected chi connectivity index (χ1v) is 6.62. The number of halogens is 1. The van der Waals surface area contributed by atoms with Gasteiger partial charge in [0, 0.05) is 12.6 Å². The molecule has 0 saturated heterocycles. The van der Waals surface area contributed by atoms with Gasteiger partial charge in [-0.3, -0.25) is 10.00 Å². The third-order valence-electron chi connectivity index (χ3n) is 2.94. The molecular formula is C13H21ClN4. The molecular weight excluding hydrogens is 248 g/mol. The Kier molecular flexibility index (Phi) is 5.18. The van der Waals surface area contributed by atoms with E-state index in [2.05, 4.69) is 16.5 Å². The molecule has 1 N–H and O–H groups in total. The number of nitrogens with one attached hydrogen (secondary N) is 1. The highest BCUT2D eigenvalue weighted by molar-refractivity contribution is 6.31. The number of rotatable bonds is 6. The molecule has 1 atom stereocenters.